The summed E-state index contributed by atoms with van der Waals surface area (Å²) in [6.45, 7) is 5.03. The highest BCUT2D eigenvalue weighted by Crippen LogP contribution is 2.30. The summed E-state index contributed by atoms with van der Waals surface area (Å²) >= 11 is 0. The molecule has 0 aliphatic heterocycles. The van der Waals surface area contributed by atoms with E-state index in [0.717, 1.165) is 30.1 Å². The van der Waals surface area contributed by atoms with Gasteiger partial charge in [-0.1, -0.05) is 6.07 Å². The molecular weight excluding hydrogens is 267 g/mol. The molecule has 2 rings (SSSR count). The van der Waals surface area contributed by atoms with E-state index >= 15 is 0 Å². The summed E-state index contributed by atoms with van der Waals surface area (Å²) in [5, 5.41) is 7.30. The Bertz CT molecular complexity index is 588. The number of halogens is 3. The quantitative estimate of drug-likeness (QED) is 0.923. The lowest BCUT2D eigenvalue weighted by molar-refractivity contribution is -0.137. The van der Waals surface area contributed by atoms with Crippen LogP contribution in [0.2, 0.25) is 0 Å². The highest BCUT2D eigenvalue weighted by atomic mass is 19.4. The van der Waals surface area contributed by atoms with Crippen LogP contribution in [0.1, 0.15) is 23.9 Å². The van der Waals surface area contributed by atoms with Crippen LogP contribution in [0.15, 0.2) is 30.3 Å². The van der Waals surface area contributed by atoms with Crippen LogP contribution in [0.5, 0.6) is 0 Å². The van der Waals surface area contributed by atoms with E-state index < -0.39 is 11.7 Å². The number of rotatable bonds is 4. The molecule has 0 fully saturated rings. The lowest BCUT2D eigenvalue weighted by atomic mass is 10.2. The second-order valence-corrected chi connectivity index (χ2v) is 4.52. The van der Waals surface area contributed by atoms with Crippen LogP contribution < -0.4 is 5.32 Å². The number of aryl methyl sites for hydroxylation is 2. The van der Waals surface area contributed by atoms with Gasteiger partial charge in [0.25, 0.3) is 0 Å². The van der Waals surface area contributed by atoms with Crippen molar-refractivity contribution in [2.75, 3.05) is 5.32 Å². The Kier molecular flexibility index (Phi) is 4.01. The molecule has 0 spiro atoms. The van der Waals surface area contributed by atoms with Gasteiger partial charge in [0.2, 0.25) is 0 Å². The first-order valence-corrected chi connectivity index (χ1v) is 6.34. The predicted octanol–water partition coefficient (Wildman–Crippen LogP) is 3.84. The summed E-state index contributed by atoms with van der Waals surface area (Å²) < 4.78 is 39.7. The Labute approximate surface area is 115 Å². The van der Waals surface area contributed by atoms with Crippen LogP contribution in [0, 0.1) is 6.92 Å². The van der Waals surface area contributed by atoms with Gasteiger partial charge in [-0.05, 0) is 38.1 Å². The highest BCUT2D eigenvalue weighted by molar-refractivity contribution is 5.46. The minimum absolute atomic E-state index is 0.440. The number of aromatic nitrogens is 2. The van der Waals surface area contributed by atoms with Gasteiger partial charge in [0.1, 0.15) is 0 Å². The van der Waals surface area contributed by atoms with Gasteiger partial charge in [0.05, 0.1) is 23.5 Å². The Morgan fingerprint density at radius 3 is 2.65 bits per heavy atom. The number of hydrogen-bond donors (Lipinski definition) is 1. The Balaban J connectivity index is 2.11. The van der Waals surface area contributed by atoms with Gasteiger partial charge in [-0.15, -0.1) is 0 Å². The Hall–Kier alpha value is -1.98. The van der Waals surface area contributed by atoms with Crippen molar-refractivity contribution in [1.82, 2.24) is 9.78 Å². The molecule has 2 aromatic rings. The average Bonchev–Trinajstić information content (AvgIpc) is 2.76. The minimum atomic E-state index is -4.32. The molecule has 1 heterocycles. The molecule has 0 bridgehead atoms. The first-order valence-electron chi connectivity index (χ1n) is 6.34. The third-order valence-corrected chi connectivity index (χ3v) is 2.95. The fraction of sp³-hybridized carbons (Fsp3) is 0.357. The summed E-state index contributed by atoms with van der Waals surface area (Å²) in [7, 11) is 0. The van der Waals surface area contributed by atoms with Crippen molar-refractivity contribution < 1.29 is 13.2 Å². The summed E-state index contributed by atoms with van der Waals surface area (Å²) in [4.78, 5) is 0. The second kappa shape index (κ2) is 5.56. The van der Waals surface area contributed by atoms with E-state index in [4.69, 9.17) is 0 Å². The van der Waals surface area contributed by atoms with Crippen molar-refractivity contribution in [3.63, 3.8) is 0 Å². The van der Waals surface area contributed by atoms with Crippen molar-refractivity contribution >= 4 is 5.69 Å². The van der Waals surface area contributed by atoms with Gasteiger partial charge in [-0.2, -0.15) is 18.3 Å². The fourth-order valence-corrected chi connectivity index (χ4v) is 2.01. The standard InChI is InChI=1S/C14H16F3N3/c1-3-20-13(7-10(2)19-20)9-18-12-6-4-5-11(8-12)14(15,16)17/h4-8,18H,3,9H2,1-2H3. The van der Waals surface area contributed by atoms with Crippen molar-refractivity contribution in [3.8, 4) is 0 Å². The summed E-state index contributed by atoms with van der Waals surface area (Å²) in [5.74, 6) is 0. The van der Waals surface area contributed by atoms with Gasteiger partial charge < -0.3 is 5.32 Å². The third kappa shape index (κ3) is 3.31. The SMILES string of the molecule is CCn1nc(C)cc1CNc1cccc(C(F)(F)F)c1. The number of nitrogens with zero attached hydrogens (tertiary/aromatic N) is 2. The molecule has 1 aromatic carbocycles. The van der Waals surface area contributed by atoms with Crippen molar-refractivity contribution in [2.24, 2.45) is 0 Å². The summed E-state index contributed by atoms with van der Waals surface area (Å²) in [6, 6.07) is 7.11. The van der Waals surface area contributed by atoms with Crippen LogP contribution in [0.4, 0.5) is 18.9 Å². The van der Waals surface area contributed by atoms with Crippen LogP contribution in [0.25, 0.3) is 0 Å². The van der Waals surface area contributed by atoms with Crippen molar-refractivity contribution in [2.45, 2.75) is 33.1 Å². The molecule has 6 heteroatoms. The lowest BCUT2D eigenvalue weighted by Gasteiger charge is -2.11. The fourth-order valence-electron chi connectivity index (χ4n) is 2.01. The lowest BCUT2D eigenvalue weighted by Crippen LogP contribution is -2.09. The molecule has 0 aliphatic rings. The zero-order chi connectivity index (χ0) is 14.8. The van der Waals surface area contributed by atoms with E-state index in [9.17, 15) is 13.2 Å². The molecule has 0 saturated carbocycles. The van der Waals surface area contributed by atoms with Gasteiger partial charge in [0, 0.05) is 12.2 Å². The van der Waals surface area contributed by atoms with E-state index in [1.165, 1.54) is 6.07 Å². The average molecular weight is 283 g/mol. The molecule has 0 aliphatic carbocycles. The molecule has 0 amide bonds. The Morgan fingerprint density at radius 1 is 1.25 bits per heavy atom. The van der Waals surface area contributed by atoms with E-state index in [2.05, 4.69) is 10.4 Å². The number of nitrogens with one attached hydrogen (secondary N) is 1. The maximum atomic E-state index is 12.6. The number of hydrogen-bond acceptors (Lipinski definition) is 2. The summed E-state index contributed by atoms with van der Waals surface area (Å²) in [6.07, 6.45) is -4.32. The molecule has 0 saturated heterocycles. The first kappa shape index (κ1) is 14.4. The summed E-state index contributed by atoms with van der Waals surface area (Å²) in [5.41, 5.74) is 1.64. The van der Waals surface area contributed by atoms with Gasteiger partial charge in [0.15, 0.2) is 0 Å². The molecule has 1 N–H and O–H groups in total. The van der Waals surface area contributed by atoms with E-state index in [-0.39, 0.29) is 0 Å². The minimum Gasteiger partial charge on any atom is -0.379 e. The maximum Gasteiger partial charge on any atom is 0.416 e. The highest BCUT2D eigenvalue weighted by Gasteiger charge is 2.30. The van der Waals surface area contributed by atoms with Gasteiger partial charge in [-0.3, -0.25) is 4.68 Å². The van der Waals surface area contributed by atoms with Crippen molar-refractivity contribution in [3.05, 3.63) is 47.3 Å². The first-order chi connectivity index (χ1) is 9.40. The van der Waals surface area contributed by atoms with Crippen LogP contribution in [-0.2, 0) is 19.3 Å². The molecule has 1 aromatic heterocycles. The predicted molar refractivity (Wildman–Crippen MR) is 71.4 cm³/mol. The third-order valence-electron chi connectivity index (χ3n) is 2.95. The largest absolute Gasteiger partial charge is 0.416 e. The molecule has 20 heavy (non-hydrogen) atoms. The smallest absolute Gasteiger partial charge is 0.379 e. The topological polar surface area (TPSA) is 29.9 Å². The van der Waals surface area contributed by atoms with Gasteiger partial charge >= 0.3 is 6.18 Å². The second-order valence-electron chi connectivity index (χ2n) is 4.52. The monoisotopic (exact) mass is 283 g/mol. The van der Waals surface area contributed by atoms with Crippen LogP contribution in [-0.4, -0.2) is 9.78 Å². The van der Waals surface area contributed by atoms with Crippen molar-refractivity contribution in [1.29, 1.82) is 0 Å². The molecule has 0 unspecified atom stereocenters. The molecular formula is C14H16F3N3. The number of anilines is 1. The Morgan fingerprint density at radius 2 is 2.00 bits per heavy atom. The number of alkyl halides is 3. The normalized spacial score (nSPS) is 11.7. The molecule has 0 atom stereocenters. The van der Waals surface area contributed by atoms with Crippen LogP contribution in [0.3, 0.4) is 0 Å². The molecule has 108 valence electrons. The van der Waals surface area contributed by atoms with Gasteiger partial charge in [-0.25, -0.2) is 0 Å². The van der Waals surface area contributed by atoms with E-state index in [1.807, 2.05) is 24.6 Å². The number of benzene rings is 1. The zero-order valence-electron chi connectivity index (χ0n) is 11.3. The van der Waals surface area contributed by atoms with E-state index in [0.29, 0.717) is 12.2 Å². The molecule has 0 radical (unpaired) electrons. The maximum absolute atomic E-state index is 12.6. The van der Waals surface area contributed by atoms with E-state index in [1.54, 1.807) is 6.07 Å². The molecule has 3 nitrogen and oxygen atoms in total. The zero-order valence-corrected chi connectivity index (χ0v) is 11.3. The van der Waals surface area contributed by atoms with Crippen LogP contribution >= 0.6 is 0 Å².